The third-order valence-electron chi connectivity index (χ3n) is 6.81. The molecule has 0 saturated carbocycles. The van der Waals surface area contributed by atoms with Gasteiger partial charge in [-0.15, -0.1) is 0 Å². The monoisotopic (exact) mass is 516 g/mol. The number of phenolic OH excluding ortho intramolecular Hbond substituents is 1. The normalized spacial score (nSPS) is 41.0. The molecule has 1 aromatic rings. The van der Waals surface area contributed by atoms with Gasteiger partial charge in [0.25, 0.3) is 5.79 Å². The lowest BCUT2D eigenvalue weighted by atomic mass is 9.74. The SMILES string of the molecule is COC(=O)C[C@H](c1ccc(O)cc1)[C@@]1(O)C(=O)O[C@@H]2[C@@H](O)CO[C@@]21O[C@H]1O[C@H](CO)[C@@H](O)[C@H](O)[C@H]1O. The van der Waals surface area contributed by atoms with Gasteiger partial charge in [0.2, 0.25) is 5.60 Å². The summed E-state index contributed by atoms with van der Waals surface area (Å²) >= 11 is 0. The van der Waals surface area contributed by atoms with Gasteiger partial charge in [-0.2, -0.15) is 0 Å². The van der Waals surface area contributed by atoms with Crippen molar-refractivity contribution in [2.75, 3.05) is 20.3 Å². The maximum atomic E-state index is 13.2. The molecule has 1 aromatic carbocycles. The summed E-state index contributed by atoms with van der Waals surface area (Å²) in [5.74, 6) is -6.40. The molecular weight excluding hydrogens is 488 g/mol. The van der Waals surface area contributed by atoms with E-state index in [1.807, 2.05) is 0 Å². The summed E-state index contributed by atoms with van der Waals surface area (Å²) in [5.41, 5.74) is -2.71. The summed E-state index contributed by atoms with van der Waals surface area (Å²) in [6, 6.07) is 5.15. The van der Waals surface area contributed by atoms with Crippen molar-refractivity contribution in [3.63, 3.8) is 0 Å². The fourth-order valence-electron chi connectivity index (χ4n) is 4.84. The quantitative estimate of drug-likeness (QED) is 0.176. The molecule has 0 unspecified atom stereocenters. The Hall–Kier alpha value is -2.40. The highest BCUT2D eigenvalue weighted by molar-refractivity contribution is 5.87. The predicted molar refractivity (Wildman–Crippen MR) is 112 cm³/mol. The highest BCUT2D eigenvalue weighted by atomic mass is 16.8. The van der Waals surface area contributed by atoms with Crippen molar-refractivity contribution in [1.29, 1.82) is 0 Å². The van der Waals surface area contributed by atoms with Crippen LogP contribution < -0.4 is 0 Å². The smallest absolute Gasteiger partial charge is 0.345 e. The van der Waals surface area contributed by atoms with E-state index in [1.165, 1.54) is 24.3 Å². The van der Waals surface area contributed by atoms with Gasteiger partial charge in [-0.3, -0.25) is 4.79 Å². The standard InChI is InChI=1S/C22H28O14/c1-32-14(26)6-11(9-2-4-10(24)5-3-9)21(31)20(30)35-18-12(25)8-33-22(18,21)36-19-17(29)16(28)15(27)13(7-23)34-19/h2-5,11-13,15-19,23-25,27-29,31H,6-8H2,1H3/t11-,12+,13-,15-,16+,17-,18-,19-,21-,22-/m1/s1. The number of carbonyl (C=O) groups is 2. The maximum absolute atomic E-state index is 13.2. The van der Waals surface area contributed by atoms with Crippen molar-refractivity contribution in [3.8, 4) is 5.75 Å². The van der Waals surface area contributed by atoms with Crippen molar-refractivity contribution in [2.24, 2.45) is 0 Å². The number of aliphatic hydroxyl groups excluding tert-OH is 5. The van der Waals surface area contributed by atoms with Crippen molar-refractivity contribution in [2.45, 2.75) is 66.6 Å². The van der Waals surface area contributed by atoms with Gasteiger partial charge < -0.3 is 59.4 Å². The zero-order valence-electron chi connectivity index (χ0n) is 19.0. The van der Waals surface area contributed by atoms with Gasteiger partial charge >= 0.3 is 11.9 Å². The van der Waals surface area contributed by atoms with Crippen molar-refractivity contribution in [1.82, 2.24) is 0 Å². The Labute approximate surface area is 204 Å². The summed E-state index contributed by atoms with van der Waals surface area (Å²) in [4.78, 5) is 25.5. The second-order valence-corrected chi connectivity index (χ2v) is 8.88. The zero-order chi connectivity index (χ0) is 26.4. The lowest BCUT2D eigenvalue weighted by molar-refractivity contribution is -0.391. The molecule has 0 bridgehead atoms. The second kappa shape index (κ2) is 9.81. The Bertz CT molecular complexity index is 968. The van der Waals surface area contributed by atoms with Crippen LogP contribution in [0.4, 0.5) is 0 Å². The van der Waals surface area contributed by atoms with E-state index in [0.29, 0.717) is 0 Å². The molecule has 0 aliphatic carbocycles. The fraction of sp³-hybridized carbons (Fsp3) is 0.636. The largest absolute Gasteiger partial charge is 0.508 e. The van der Waals surface area contributed by atoms with E-state index in [4.69, 9.17) is 23.7 Å². The molecule has 10 atom stereocenters. The molecule has 0 amide bonds. The lowest BCUT2D eigenvalue weighted by Crippen LogP contribution is -2.67. The second-order valence-electron chi connectivity index (χ2n) is 8.88. The molecule has 14 nitrogen and oxygen atoms in total. The summed E-state index contributed by atoms with van der Waals surface area (Å²) in [6.45, 7) is -1.29. The highest BCUT2D eigenvalue weighted by Crippen LogP contribution is 2.54. The molecule has 4 rings (SSSR count). The minimum atomic E-state index is -2.86. The summed E-state index contributed by atoms with van der Waals surface area (Å²) in [7, 11) is 1.09. The van der Waals surface area contributed by atoms with Crippen LogP contribution in [0.5, 0.6) is 5.75 Å². The average Bonchev–Trinajstić information content (AvgIpc) is 3.29. The molecule has 0 radical (unpaired) electrons. The number of fused-ring (bicyclic) bond motifs is 1. The van der Waals surface area contributed by atoms with E-state index >= 15 is 0 Å². The molecule has 3 saturated heterocycles. The van der Waals surface area contributed by atoms with Gasteiger partial charge in [0.05, 0.1) is 26.7 Å². The Morgan fingerprint density at radius 1 is 1.14 bits per heavy atom. The van der Waals surface area contributed by atoms with Gasteiger partial charge in [-0.1, -0.05) is 12.1 Å². The van der Waals surface area contributed by atoms with E-state index < -0.39 is 91.8 Å². The number of hydrogen-bond donors (Lipinski definition) is 7. The molecule has 36 heavy (non-hydrogen) atoms. The predicted octanol–water partition coefficient (Wildman–Crippen LogP) is -3.40. The number of esters is 2. The first-order valence-corrected chi connectivity index (χ1v) is 11.1. The molecule has 3 aliphatic heterocycles. The molecule has 0 spiro atoms. The van der Waals surface area contributed by atoms with Crippen LogP contribution in [0.1, 0.15) is 17.9 Å². The van der Waals surface area contributed by atoms with E-state index in [1.54, 1.807) is 0 Å². The average molecular weight is 516 g/mol. The Balaban J connectivity index is 1.81. The Kier molecular flexibility index (Phi) is 7.27. The summed E-state index contributed by atoms with van der Waals surface area (Å²) in [5, 5.41) is 72.4. The van der Waals surface area contributed by atoms with Gasteiger partial charge in [-0.25, -0.2) is 4.79 Å². The number of phenols is 1. The van der Waals surface area contributed by atoms with E-state index in [-0.39, 0.29) is 11.3 Å². The summed E-state index contributed by atoms with van der Waals surface area (Å²) in [6.07, 6.45) is -12.6. The van der Waals surface area contributed by atoms with Crippen LogP contribution in [-0.2, 0) is 33.3 Å². The number of methoxy groups -OCH3 is 1. The molecule has 14 heteroatoms. The summed E-state index contributed by atoms with van der Waals surface area (Å²) < 4.78 is 26.7. The van der Waals surface area contributed by atoms with Crippen LogP contribution in [0, 0.1) is 0 Å². The molecule has 7 N–H and O–H groups in total. The molecule has 200 valence electrons. The molecule has 0 aromatic heterocycles. The van der Waals surface area contributed by atoms with Crippen molar-refractivity contribution >= 4 is 11.9 Å². The number of rotatable bonds is 7. The van der Waals surface area contributed by atoms with Crippen LogP contribution in [0.2, 0.25) is 0 Å². The topological polar surface area (TPSA) is 222 Å². The van der Waals surface area contributed by atoms with E-state index in [9.17, 15) is 45.3 Å². The zero-order valence-corrected chi connectivity index (χ0v) is 19.0. The number of benzene rings is 1. The van der Waals surface area contributed by atoms with Crippen LogP contribution in [-0.4, -0.2) is 122 Å². The number of aromatic hydroxyl groups is 1. The minimum Gasteiger partial charge on any atom is -0.508 e. The maximum Gasteiger partial charge on any atom is 0.345 e. The fourth-order valence-corrected chi connectivity index (χ4v) is 4.84. The van der Waals surface area contributed by atoms with E-state index in [0.717, 1.165) is 7.11 Å². The number of carbonyl (C=O) groups excluding carboxylic acids is 2. The third kappa shape index (κ3) is 4.04. The number of ether oxygens (including phenoxy) is 5. The van der Waals surface area contributed by atoms with Gasteiger partial charge in [0.15, 0.2) is 12.4 Å². The van der Waals surface area contributed by atoms with Crippen LogP contribution in [0.25, 0.3) is 0 Å². The van der Waals surface area contributed by atoms with Crippen molar-refractivity contribution in [3.05, 3.63) is 29.8 Å². The van der Waals surface area contributed by atoms with Gasteiger partial charge in [-0.05, 0) is 17.7 Å². The molecular formula is C22H28O14. The first kappa shape index (κ1) is 26.7. The lowest BCUT2D eigenvalue weighted by Gasteiger charge is -2.46. The van der Waals surface area contributed by atoms with Crippen molar-refractivity contribution < 1.29 is 69.0 Å². The number of hydrogen-bond acceptors (Lipinski definition) is 14. The van der Waals surface area contributed by atoms with Crippen LogP contribution >= 0.6 is 0 Å². The molecule has 3 aliphatic rings. The van der Waals surface area contributed by atoms with Gasteiger partial charge in [0, 0.05) is 5.92 Å². The van der Waals surface area contributed by atoms with Crippen LogP contribution in [0.3, 0.4) is 0 Å². The minimum absolute atomic E-state index is 0.144. The number of aliphatic hydroxyl groups is 6. The molecule has 3 heterocycles. The molecule has 3 fully saturated rings. The first-order chi connectivity index (χ1) is 17.0. The Morgan fingerprint density at radius 3 is 2.42 bits per heavy atom. The van der Waals surface area contributed by atoms with Gasteiger partial charge in [0.1, 0.15) is 36.3 Å². The first-order valence-electron chi connectivity index (χ1n) is 11.1. The highest BCUT2D eigenvalue weighted by Gasteiger charge is 2.78. The van der Waals surface area contributed by atoms with Crippen LogP contribution in [0.15, 0.2) is 24.3 Å². The third-order valence-corrected chi connectivity index (χ3v) is 6.81. The van der Waals surface area contributed by atoms with E-state index in [2.05, 4.69) is 0 Å². The Morgan fingerprint density at radius 2 is 1.81 bits per heavy atom.